The molecule has 0 aliphatic carbocycles. The number of nitrogens with one attached hydrogen (secondary N) is 2. The number of amides is 2. The van der Waals surface area contributed by atoms with Crippen LogP contribution in [0, 0.1) is 24.0 Å². The van der Waals surface area contributed by atoms with Crippen molar-refractivity contribution in [2.24, 2.45) is 0 Å². The molecule has 0 bridgehead atoms. The van der Waals surface area contributed by atoms with Gasteiger partial charge in [-0.3, -0.25) is 24.3 Å². The zero-order valence-electron chi connectivity index (χ0n) is 20.5. The van der Waals surface area contributed by atoms with Crippen LogP contribution in [0.1, 0.15) is 27.3 Å². The number of aromatic nitrogens is 3. The van der Waals surface area contributed by atoms with Gasteiger partial charge < -0.3 is 10.6 Å². The second kappa shape index (κ2) is 11.9. The Morgan fingerprint density at radius 3 is 2.55 bits per heavy atom. The Morgan fingerprint density at radius 1 is 1.05 bits per heavy atom. The van der Waals surface area contributed by atoms with Crippen molar-refractivity contribution in [1.29, 1.82) is 0 Å². The smallest absolute Gasteiger partial charge is 0.273 e. The van der Waals surface area contributed by atoms with E-state index in [1.807, 2.05) is 37.3 Å². The van der Waals surface area contributed by atoms with E-state index in [4.69, 9.17) is 11.6 Å². The molecule has 4 aromatic rings. The molecule has 0 unspecified atom stereocenters. The van der Waals surface area contributed by atoms with Gasteiger partial charge in [0, 0.05) is 27.9 Å². The number of benzene rings is 3. The fourth-order valence-electron chi connectivity index (χ4n) is 3.75. The number of carbonyl (C=O) groups excluding carboxylic acids is 2. The molecule has 2 amide bonds. The highest BCUT2D eigenvalue weighted by Gasteiger charge is 2.20. The van der Waals surface area contributed by atoms with Crippen molar-refractivity contribution in [3.05, 3.63) is 104 Å². The summed E-state index contributed by atoms with van der Waals surface area (Å²) in [6, 6.07) is 18.9. The second-order valence-corrected chi connectivity index (χ2v) is 9.69. The number of anilines is 1. The molecular formula is C26H23ClN6O4S. The van der Waals surface area contributed by atoms with Gasteiger partial charge in [0.1, 0.15) is 0 Å². The van der Waals surface area contributed by atoms with Crippen LogP contribution in [0.4, 0.5) is 11.4 Å². The van der Waals surface area contributed by atoms with Crippen molar-refractivity contribution in [2.75, 3.05) is 11.1 Å². The van der Waals surface area contributed by atoms with E-state index in [0.717, 1.165) is 5.56 Å². The molecule has 1 heterocycles. The van der Waals surface area contributed by atoms with Crippen molar-refractivity contribution in [3.8, 4) is 5.69 Å². The summed E-state index contributed by atoms with van der Waals surface area (Å²) in [6.07, 6.45) is 0. The van der Waals surface area contributed by atoms with Gasteiger partial charge >= 0.3 is 0 Å². The molecular weight excluding hydrogens is 528 g/mol. The van der Waals surface area contributed by atoms with Crippen molar-refractivity contribution < 1.29 is 14.5 Å². The maximum absolute atomic E-state index is 12.9. The number of nitro groups is 1. The molecule has 0 saturated heterocycles. The molecule has 194 valence electrons. The number of thioether (sulfide) groups is 1. The molecule has 4 rings (SSSR count). The van der Waals surface area contributed by atoms with E-state index in [-0.39, 0.29) is 35.0 Å². The van der Waals surface area contributed by atoms with Crippen LogP contribution in [0.15, 0.2) is 71.9 Å². The average molecular weight is 551 g/mol. The minimum absolute atomic E-state index is 0.0173. The molecule has 0 saturated carbocycles. The number of hydrogen-bond acceptors (Lipinski definition) is 7. The van der Waals surface area contributed by atoms with Gasteiger partial charge in [-0.15, -0.1) is 10.2 Å². The van der Waals surface area contributed by atoms with Crippen LogP contribution in [-0.2, 0) is 11.3 Å². The molecule has 1 aromatic heterocycles. The Morgan fingerprint density at radius 2 is 1.82 bits per heavy atom. The summed E-state index contributed by atoms with van der Waals surface area (Å²) in [4.78, 5) is 36.2. The number of nitrogens with zero attached hydrogens (tertiary/aromatic N) is 4. The first-order valence-corrected chi connectivity index (χ1v) is 12.8. The summed E-state index contributed by atoms with van der Waals surface area (Å²) in [6.45, 7) is 3.45. The minimum atomic E-state index is -0.527. The van der Waals surface area contributed by atoms with Crippen molar-refractivity contribution in [1.82, 2.24) is 20.1 Å². The molecule has 0 fully saturated rings. The standard InChI is InChI=1S/C26H23ClN6O4S/c1-16-6-3-8-19(12-16)29-24(34)15-38-26-31-30-23(32(26)20-9-4-7-18(27)13-20)14-28-25(35)21-10-5-11-22(17(21)2)33(36)37/h3-13H,14-15H2,1-2H3,(H,28,35)(H,29,34). The van der Waals surface area contributed by atoms with E-state index in [9.17, 15) is 19.7 Å². The Bertz CT molecular complexity index is 1520. The Balaban J connectivity index is 1.53. The van der Waals surface area contributed by atoms with E-state index in [1.165, 1.54) is 36.9 Å². The Hall–Kier alpha value is -4.22. The monoisotopic (exact) mass is 550 g/mol. The van der Waals surface area contributed by atoms with Crippen LogP contribution in [0.2, 0.25) is 5.02 Å². The lowest BCUT2D eigenvalue weighted by atomic mass is 10.1. The van der Waals surface area contributed by atoms with Gasteiger partial charge in [0.15, 0.2) is 11.0 Å². The van der Waals surface area contributed by atoms with Gasteiger partial charge in [-0.1, -0.05) is 47.6 Å². The quantitative estimate of drug-likeness (QED) is 0.168. The molecule has 0 aliphatic rings. The summed E-state index contributed by atoms with van der Waals surface area (Å²) < 4.78 is 1.71. The van der Waals surface area contributed by atoms with E-state index in [0.29, 0.717) is 27.4 Å². The summed E-state index contributed by atoms with van der Waals surface area (Å²) in [5.41, 5.74) is 2.70. The van der Waals surface area contributed by atoms with Crippen LogP contribution >= 0.6 is 23.4 Å². The van der Waals surface area contributed by atoms with Gasteiger partial charge in [0.2, 0.25) is 5.91 Å². The molecule has 0 aliphatic heterocycles. The zero-order valence-corrected chi connectivity index (χ0v) is 22.0. The van der Waals surface area contributed by atoms with Crippen molar-refractivity contribution >= 4 is 46.6 Å². The fourth-order valence-corrected chi connectivity index (χ4v) is 4.71. The Labute approximate surface area is 227 Å². The third-order valence-electron chi connectivity index (χ3n) is 5.55. The highest BCUT2D eigenvalue weighted by atomic mass is 35.5. The molecule has 12 heteroatoms. The van der Waals surface area contributed by atoms with Crippen LogP contribution < -0.4 is 10.6 Å². The summed E-state index contributed by atoms with van der Waals surface area (Å²) in [7, 11) is 0. The average Bonchev–Trinajstić information content (AvgIpc) is 3.29. The van der Waals surface area contributed by atoms with E-state index in [2.05, 4.69) is 20.8 Å². The largest absolute Gasteiger partial charge is 0.345 e. The highest BCUT2D eigenvalue weighted by molar-refractivity contribution is 7.99. The summed E-state index contributed by atoms with van der Waals surface area (Å²) in [5, 5.41) is 26.2. The van der Waals surface area contributed by atoms with Gasteiger partial charge in [-0.2, -0.15) is 0 Å². The molecule has 3 aromatic carbocycles. The van der Waals surface area contributed by atoms with E-state index in [1.54, 1.807) is 22.8 Å². The van der Waals surface area contributed by atoms with Crippen LogP contribution in [0.25, 0.3) is 5.69 Å². The lowest BCUT2D eigenvalue weighted by Gasteiger charge is -2.12. The topological polar surface area (TPSA) is 132 Å². The molecule has 0 spiro atoms. The number of aryl methyl sites for hydroxylation is 1. The lowest BCUT2D eigenvalue weighted by molar-refractivity contribution is -0.385. The molecule has 10 nitrogen and oxygen atoms in total. The van der Waals surface area contributed by atoms with Gasteiger partial charge in [0.05, 0.1) is 22.9 Å². The third kappa shape index (κ3) is 6.36. The molecule has 0 atom stereocenters. The lowest BCUT2D eigenvalue weighted by Crippen LogP contribution is -2.25. The van der Waals surface area contributed by atoms with Crippen molar-refractivity contribution in [2.45, 2.75) is 25.5 Å². The summed E-state index contributed by atoms with van der Waals surface area (Å²) >= 11 is 7.40. The van der Waals surface area contributed by atoms with Crippen LogP contribution in [-0.4, -0.2) is 37.3 Å². The fraction of sp³-hybridized carbons (Fsp3) is 0.154. The maximum atomic E-state index is 12.9. The van der Waals surface area contributed by atoms with E-state index >= 15 is 0 Å². The third-order valence-corrected chi connectivity index (χ3v) is 6.72. The van der Waals surface area contributed by atoms with Gasteiger partial charge in [-0.25, -0.2) is 0 Å². The first-order valence-electron chi connectivity index (χ1n) is 11.4. The van der Waals surface area contributed by atoms with Crippen LogP contribution in [0.3, 0.4) is 0 Å². The highest BCUT2D eigenvalue weighted by Crippen LogP contribution is 2.25. The number of rotatable bonds is 9. The van der Waals surface area contributed by atoms with Crippen LogP contribution in [0.5, 0.6) is 0 Å². The normalized spacial score (nSPS) is 10.7. The number of carbonyl (C=O) groups is 2. The molecule has 38 heavy (non-hydrogen) atoms. The Kier molecular flexibility index (Phi) is 8.39. The SMILES string of the molecule is Cc1cccc(NC(=O)CSc2nnc(CNC(=O)c3cccc([N+](=O)[O-])c3C)n2-c2cccc(Cl)c2)c1. The minimum Gasteiger partial charge on any atom is -0.345 e. The molecule has 0 radical (unpaired) electrons. The number of hydrogen-bond donors (Lipinski definition) is 2. The van der Waals surface area contributed by atoms with Gasteiger partial charge in [0.25, 0.3) is 11.6 Å². The number of nitro benzene ring substituents is 1. The second-order valence-electron chi connectivity index (χ2n) is 8.31. The van der Waals surface area contributed by atoms with E-state index < -0.39 is 10.8 Å². The maximum Gasteiger partial charge on any atom is 0.273 e. The number of halogens is 1. The first-order chi connectivity index (χ1) is 18.2. The predicted octanol–water partition coefficient (Wildman–Crippen LogP) is 5.11. The first kappa shape index (κ1) is 26.8. The summed E-state index contributed by atoms with van der Waals surface area (Å²) in [5.74, 6) is -0.229. The predicted molar refractivity (Wildman–Crippen MR) is 146 cm³/mol. The molecule has 2 N–H and O–H groups in total. The zero-order chi connectivity index (χ0) is 27.2. The van der Waals surface area contributed by atoms with Gasteiger partial charge in [-0.05, 0) is 55.8 Å². The van der Waals surface area contributed by atoms with Crippen molar-refractivity contribution in [3.63, 3.8) is 0 Å².